The van der Waals surface area contributed by atoms with Crippen LogP contribution in [-0.2, 0) is 0 Å². The number of aliphatic hydroxyl groups excluding tert-OH is 1. The maximum absolute atomic E-state index is 9.98. The summed E-state index contributed by atoms with van der Waals surface area (Å²) in [7, 11) is 0. The number of nitrogens with two attached hydrogens (primary N) is 1. The molecule has 5 heteroatoms. The molecule has 4 N–H and O–H groups in total. The SMILES string of the molecule is CCNC(N)=NCC(O)c1ccc(OC(C)C)cc1. The van der Waals surface area contributed by atoms with E-state index in [9.17, 15) is 5.11 Å². The van der Waals surface area contributed by atoms with Crippen molar-refractivity contribution in [1.82, 2.24) is 5.32 Å². The smallest absolute Gasteiger partial charge is 0.188 e. The van der Waals surface area contributed by atoms with Crippen molar-refractivity contribution < 1.29 is 9.84 Å². The highest BCUT2D eigenvalue weighted by molar-refractivity contribution is 5.77. The van der Waals surface area contributed by atoms with Gasteiger partial charge in [-0.2, -0.15) is 0 Å². The molecule has 1 aromatic carbocycles. The molecule has 0 fully saturated rings. The fourth-order valence-corrected chi connectivity index (χ4v) is 1.57. The first-order valence-corrected chi connectivity index (χ1v) is 6.51. The summed E-state index contributed by atoms with van der Waals surface area (Å²) in [5, 5.41) is 12.9. The van der Waals surface area contributed by atoms with Crippen LogP contribution in [-0.4, -0.2) is 30.3 Å². The minimum Gasteiger partial charge on any atom is -0.491 e. The van der Waals surface area contributed by atoms with E-state index in [4.69, 9.17) is 10.5 Å². The van der Waals surface area contributed by atoms with Gasteiger partial charge in [-0.05, 0) is 38.5 Å². The first kappa shape index (κ1) is 15.3. The molecule has 106 valence electrons. The van der Waals surface area contributed by atoms with Crippen LogP contribution in [0.1, 0.15) is 32.4 Å². The van der Waals surface area contributed by atoms with Gasteiger partial charge in [0.1, 0.15) is 5.75 Å². The van der Waals surface area contributed by atoms with Crippen LogP contribution in [0, 0.1) is 0 Å². The molecule has 0 spiro atoms. The van der Waals surface area contributed by atoms with Crippen LogP contribution >= 0.6 is 0 Å². The number of hydrogen-bond acceptors (Lipinski definition) is 3. The Morgan fingerprint density at radius 3 is 2.53 bits per heavy atom. The molecule has 0 heterocycles. The molecule has 0 saturated heterocycles. The van der Waals surface area contributed by atoms with Gasteiger partial charge in [0.15, 0.2) is 5.96 Å². The van der Waals surface area contributed by atoms with Crippen molar-refractivity contribution in [2.45, 2.75) is 33.0 Å². The van der Waals surface area contributed by atoms with Crippen LogP contribution in [0.3, 0.4) is 0 Å². The predicted molar refractivity (Wildman–Crippen MR) is 77.3 cm³/mol. The third-order valence-corrected chi connectivity index (χ3v) is 2.43. The number of nitrogens with zero attached hydrogens (tertiary/aromatic N) is 1. The van der Waals surface area contributed by atoms with Gasteiger partial charge < -0.3 is 20.9 Å². The van der Waals surface area contributed by atoms with E-state index in [-0.39, 0.29) is 12.6 Å². The molecule has 0 amide bonds. The van der Waals surface area contributed by atoms with Crippen molar-refractivity contribution in [3.63, 3.8) is 0 Å². The summed E-state index contributed by atoms with van der Waals surface area (Å²) < 4.78 is 5.54. The zero-order chi connectivity index (χ0) is 14.3. The number of nitrogens with one attached hydrogen (secondary N) is 1. The van der Waals surface area contributed by atoms with Crippen molar-refractivity contribution in [1.29, 1.82) is 0 Å². The average molecular weight is 265 g/mol. The van der Waals surface area contributed by atoms with Crippen LogP contribution < -0.4 is 15.8 Å². The Morgan fingerprint density at radius 1 is 1.37 bits per heavy atom. The van der Waals surface area contributed by atoms with Gasteiger partial charge in [-0.25, -0.2) is 0 Å². The second-order valence-corrected chi connectivity index (χ2v) is 4.51. The number of benzene rings is 1. The van der Waals surface area contributed by atoms with E-state index in [1.54, 1.807) is 0 Å². The fourth-order valence-electron chi connectivity index (χ4n) is 1.57. The fraction of sp³-hybridized carbons (Fsp3) is 0.500. The van der Waals surface area contributed by atoms with Gasteiger partial charge in [-0.3, -0.25) is 4.99 Å². The summed E-state index contributed by atoms with van der Waals surface area (Å²) in [6.07, 6.45) is -0.523. The summed E-state index contributed by atoms with van der Waals surface area (Å²) in [5.41, 5.74) is 6.39. The molecule has 1 rings (SSSR count). The number of rotatable bonds is 6. The van der Waals surface area contributed by atoms with Crippen LogP contribution in [0.2, 0.25) is 0 Å². The van der Waals surface area contributed by atoms with Crippen molar-refractivity contribution >= 4 is 5.96 Å². The minimum atomic E-state index is -0.662. The Bertz CT molecular complexity index is 402. The lowest BCUT2D eigenvalue weighted by Gasteiger charge is -2.12. The van der Waals surface area contributed by atoms with Crippen molar-refractivity contribution in [2.75, 3.05) is 13.1 Å². The Morgan fingerprint density at radius 2 is 2.00 bits per heavy atom. The summed E-state index contributed by atoms with van der Waals surface area (Å²) in [4.78, 5) is 4.06. The predicted octanol–water partition coefficient (Wildman–Crippen LogP) is 1.43. The number of hydrogen-bond donors (Lipinski definition) is 3. The molecule has 0 aliphatic heterocycles. The van der Waals surface area contributed by atoms with E-state index in [2.05, 4.69) is 10.3 Å². The summed E-state index contributed by atoms with van der Waals surface area (Å²) in [6.45, 7) is 6.84. The van der Waals surface area contributed by atoms with Crippen LogP contribution in [0.25, 0.3) is 0 Å². The van der Waals surface area contributed by atoms with Gasteiger partial charge in [-0.15, -0.1) is 0 Å². The zero-order valence-electron chi connectivity index (χ0n) is 11.8. The minimum absolute atomic E-state index is 0.139. The molecule has 0 radical (unpaired) electrons. The highest BCUT2D eigenvalue weighted by Gasteiger charge is 2.07. The van der Waals surface area contributed by atoms with E-state index in [1.807, 2.05) is 45.0 Å². The van der Waals surface area contributed by atoms with Gasteiger partial charge in [0.25, 0.3) is 0 Å². The topological polar surface area (TPSA) is 79.9 Å². The van der Waals surface area contributed by atoms with Crippen LogP contribution in [0.15, 0.2) is 29.3 Å². The van der Waals surface area contributed by atoms with Gasteiger partial charge in [0, 0.05) is 6.54 Å². The Hall–Kier alpha value is -1.75. The molecule has 1 unspecified atom stereocenters. The molecule has 0 bridgehead atoms. The molecule has 0 aliphatic carbocycles. The summed E-state index contributed by atoms with van der Waals surface area (Å²) in [5.74, 6) is 1.14. The maximum atomic E-state index is 9.98. The molecular formula is C14H23N3O2. The first-order chi connectivity index (χ1) is 9.02. The summed E-state index contributed by atoms with van der Waals surface area (Å²) >= 11 is 0. The van der Waals surface area contributed by atoms with E-state index in [1.165, 1.54) is 0 Å². The number of guanidine groups is 1. The molecule has 0 saturated carbocycles. The van der Waals surface area contributed by atoms with E-state index in [0.29, 0.717) is 12.5 Å². The molecule has 0 aromatic heterocycles. The number of aliphatic imine (C=N–C) groups is 1. The third kappa shape index (κ3) is 5.61. The van der Waals surface area contributed by atoms with Crippen LogP contribution in [0.5, 0.6) is 5.75 Å². The summed E-state index contributed by atoms with van der Waals surface area (Å²) in [6, 6.07) is 7.36. The largest absolute Gasteiger partial charge is 0.491 e. The molecule has 5 nitrogen and oxygen atoms in total. The van der Waals surface area contributed by atoms with Crippen molar-refractivity contribution in [2.24, 2.45) is 10.7 Å². The second-order valence-electron chi connectivity index (χ2n) is 4.51. The zero-order valence-corrected chi connectivity index (χ0v) is 11.8. The highest BCUT2D eigenvalue weighted by Crippen LogP contribution is 2.18. The van der Waals surface area contributed by atoms with Crippen molar-refractivity contribution in [3.8, 4) is 5.75 Å². The first-order valence-electron chi connectivity index (χ1n) is 6.51. The molecular weight excluding hydrogens is 242 g/mol. The standard InChI is InChI=1S/C14H23N3O2/c1-4-16-14(15)17-9-13(18)11-5-7-12(8-6-11)19-10(2)3/h5-8,10,13,18H,4,9H2,1-3H3,(H3,15,16,17). The lowest BCUT2D eigenvalue weighted by Crippen LogP contribution is -2.31. The maximum Gasteiger partial charge on any atom is 0.188 e. The Kier molecular flexibility index (Phi) is 6.15. The normalized spacial score (nSPS) is 13.4. The lowest BCUT2D eigenvalue weighted by molar-refractivity contribution is 0.187. The number of aliphatic hydroxyl groups is 1. The average Bonchev–Trinajstić information content (AvgIpc) is 2.36. The number of ether oxygens (including phenoxy) is 1. The molecule has 1 aromatic rings. The van der Waals surface area contributed by atoms with Crippen LogP contribution in [0.4, 0.5) is 0 Å². The Labute approximate surface area is 114 Å². The van der Waals surface area contributed by atoms with Crippen molar-refractivity contribution in [3.05, 3.63) is 29.8 Å². The molecule has 19 heavy (non-hydrogen) atoms. The lowest BCUT2D eigenvalue weighted by atomic mass is 10.1. The highest BCUT2D eigenvalue weighted by atomic mass is 16.5. The Balaban J connectivity index is 2.57. The van der Waals surface area contributed by atoms with E-state index in [0.717, 1.165) is 11.3 Å². The monoisotopic (exact) mass is 265 g/mol. The van der Waals surface area contributed by atoms with Gasteiger partial charge in [0.05, 0.1) is 18.8 Å². The third-order valence-electron chi connectivity index (χ3n) is 2.43. The van der Waals surface area contributed by atoms with Gasteiger partial charge >= 0.3 is 0 Å². The quantitative estimate of drug-likeness (QED) is 0.537. The van der Waals surface area contributed by atoms with E-state index >= 15 is 0 Å². The van der Waals surface area contributed by atoms with E-state index < -0.39 is 6.10 Å². The second kappa shape index (κ2) is 7.63. The molecule has 0 aliphatic rings. The van der Waals surface area contributed by atoms with Gasteiger partial charge in [-0.1, -0.05) is 12.1 Å². The molecule has 1 atom stereocenters. The van der Waals surface area contributed by atoms with Gasteiger partial charge in [0.2, 0.25) is 0 Å².